The maximum Gasteiger partial charge on any atom is 0.417 e. The fourth-order valence-electron chi connectivity index (χ4n) is 2.97. The summed E-state index contributed by atoms with van der Waals surface area (Å²) in [7, 11) is 1.21. The SMILES string of the molecule is COC(=O)c1cc2c(C(F)(F)F)cc(N3CCCCCC3)[nH+]c2s1. The molecule has 1 fully saturated rings. The molecule has 24 heavy (non-hydrogen) atoms. The summed E-state index contributed by atoms with van der Waals surface area (Å²) in [6.45, 7) is 1.46. The number of hydrogen-bond donors (Lipinski definition) is 0. The van der Waals surface area contributed by atoms with Crippen LogP contribution in [0.4, 0.5) is 19.0 Å². The molecule has 0 spiro atoms. The third kappa shape index (κ3) is 3.33. The highest BCUT2D eigenvalue weighted by Crippen LogP contribution is 2.38. The summed E-state index contributed by atoms with van der Waals surface area (Å²) < 4.78 is 45.1. The first-order valence-electron chi connectivity index (χ1n) is 7.80. The molecule has 3 heterocycles. The van der Waals surface area contributed by atoms with Crippen molar-refractivity contribution in [3.8, 4) is 0 Å². The van der Waals surface area contributed by atoms with Crippen molar-refractivity contribution in [3.63, 3.8) is 0 Å². The van der Waals surface area contributed by atoms with E-state index < -0.39 is 17.7 Å². The molecule has 0 amide bonds. The number of nitrogens with one attached hydrogen (secondary N) is 1. The first-order valence-corrected chi connectivity index (χ1v) is 8.62. The highest BCUT2D eigenvalue weighted by molar-refractivity contribution is 7.20. The Kier molecular flexibility index (Phi) is 4.67. The number of H-pyrrole nitrogens is 1. The van der Waals surface area contributed by atoms with E-state index in [-0.39, 0.29) is 10.3 Å². The summed E-state index contributed by atoms with van der Waals surface area (Å²) in [5, 5.41) is 0.00599. The Hall–Kier alpha value is -1.83. The molecular formula is C16H18F3N2O2S+. The van der Waals surface area contributed by atoms with Gasteiger partial charge in [0.1, 0.15) is 4.88 Å². The number of pyridine rings is 1. The number of aromatic nitrogens is 1. The zero-order chi connectivity index (χ0) is 17.3. The average Bonchev–Trinajstić information content (AvgIpc) is 2.78. The van der Waals surface area contributed by atoms with E-state index >= 15 is 0 Å². The Balaban J connectivity index is 2.12. The van der Waals surface area contributed by atoms with Gasteiger partial charge in [0.15, 0.2) is 4.83 Å². The van der Waals surface area contributed by atoms with Gasteiger partial charge in [-0.05, 0) is 31.7 Å². The molecule has 0 bridgehead atoms. The van der Waals surface area contributed by atoms with Crippen molar-refractivity contribution >= 4 is 33.3 Å². The third-order valence-corrected chi connectivity index (χ3v) is 5.21. The lowest BCUT2D eigenvalue weighted by Gasteiger charge is -2.16. The smallest absolute Gasteiger partial charge is 0.417 e. The van der Waals surface area contributed by atoms with Gasteiger partial charge in [0.25, 0.3) is 5.82 Å². The highest BCUT2D eigenvalue weighted by atomic mass is 32.1. The van der Waals surface area contributed by atoms with Crippen LogP contribution in [-0.4, -0.2) is 26.2 Å². The molecule has 1 aliphatic heterocycles. The standard InChI is InChI=1S/C16H17F3N2O2S/c1-23-15(22)12-8-10-11(16(17,18)19)9-13(20-14(10)24-12)21-6-4-2-3-5-7-21/h8-9H,2-7H2,1H3/p+1. The number of methoxy groups -OCH3 is 1. The van der Waals surface area contributed by atoms with Gasteiger partial charge >= 0.3 is 12.1 Å². The van der Waals surface area contributed by atoms with Crippen LogP contribution in [0.25, 0.3) is 10.2 Å². The predicted octanol–water partition coefficient (Wildman–Crippen LogP) is 3.90. The molecule has 3 rings (SSSR count). The number of thiophene rings is 1. The first-order chi connectivity index (χ1) is 11.4. The van der Waals surface area contributed by atoms with E-state index in [1.807, 2.05) is 4.90 Å². The van der Waals surface area contributed by atoms with Gasteiger partial charge in [0.2, 0.25) is 0 Å². The van der Waals surface area contributed by atoms with Gasteiger partial charge in [0.05, 0.1) is 25.8 Å². The van der Waals surface area contributed by atoms with E-state index in [1.165, 1.54) is 13.2 Å². The normalized spacial score (nSPS) is 16.2. The van der Waals surface area contributed by atoms with Crippen molar-refractivity contribution < 1.29 is 27.7 Å². The highest BCUT2D eigenvalue weighted by Gasteiger charge is 2.36. The van der Waals surface area contributed by atoms with Gasteiger partial charge in [-0.15, -0.1) is 0 Å². The summed E-state index contributed by atoms with van der Waals surface area (Å²) in [6, 6.07) is 2.40. The second-order valence-electron chi connectivity index (χ2n) is 5.81. The molecule has 0 aliphatic carbocycles. The van der Waals surface area contributed by atoms with Gasteiger partial charge in [-0.25, -0.2) is 9.78 Å². The second-order valence-corrected chi connectivity index (χ2v) is 6.86. The number of halogens is 3. The fraction of sp³-hybridized carbons (Fsp3) is 0.500. The molecule has 0 radical (unpaired) electrons. The van der Waals surface area contributed by atoms with E-state index in [9.17, 15) is 18.0 Å². The zero-order valence-corrected chi connectivity index (χ0v) is 14.0. The molecule has 1 saturated heterocycles. The molecule has 0 atom stereocenters. The molecule has 8 heteroatoms. The molecule has 4 nitrogen and oxygen atoms in total. The van der Waals surface area contributed by atoms with Crippen LogP contribution in [0.15, 0.2) is 12.1 Å². The number of aromatic amines is 1. The number of alkyl halides is 3. The van der Waals surface area contributed by atoms with Gasteiger partial charge < -0.3 is 4.74 Å². The molecule has 0 saturated carbocycles. The van der Waals surface area contributed by atoms with Crippen LogP contribution >= 0.6 is 11.3 Å². The first kappa shape index (κ1) is 17.0. The molecule has 2 aromatic rings. The van der Waals surface area contributed by atoms with Crippen LogP contribution in [0.3, 0.4) is 0 Å². The minimum atomic E-state index is -4.48. The third-order valence-electron chi connectivity index (χ3n) is 4.18. The van der Waals surface area contributed by atoms with Crippen molar-refractivity contribution in [3.05, 3.63) is 22.6 Å². The van der Waals surface area contributed by atoms with Crippen molar-refractivity contribution in [2.75, 3.05) is 25.1 Å². The fourth-order valence-corrected chi connectivity index (χ4v) is 3.97. The molecule has 130 valence electrons. The van der Waals surface area contributed by atoms with E-state index in [1.54, 1.807) is 0 Å². The minimum absolute atomic E-state index is 0.00599. The molecular weight excluding hydrogens is 341 g/mol. The summed E-state index contributed by atoms with van der Waals surface area (Å²) in [5.41, 5.74) is -0.720. The van der Waals surface area contributed by atoms with E-state index in [2.05, 4.69) is 9.72 Å². The maximum absolute atomic E-state index is 13.5. The largest absolute Gasteiger partial charge is 0.465 e. The lowest BCUT2D eigenvalue weighted by molar-refractivity contribution is -0.328. The predicted molar refractivity (Wildman–Crippen MR) is 85.4 cm³/mol. The summed E-state index contributed by atoms with van der Waals surface area (Å²) in [6.07, 6.45) is -0.370. The number of carbonyl (C=O) groups excluding carboxylic acids is 1. The number of hydrogen-bond acceptors (Lipinski definition) is 4. The molecule has 0 aromatic carbocycles. The lowest BCUT2D eigenvalue weighted by Crippen LogP contribution is -2.30. The van der Waals surface area contributed by atoms with E-state index in [4.69, 9.17) is 0 Å². The Labute approximate surface area is 141 Å². The Morgan fingerprint density at radius 1 is 1.21 bits per heavy atom. The number of ether oxygens (including phenoxy) is 1. The van der Waals surface area contributed by atoms with E-state index in [0.29, 0.717) is 10.6 Å². The molecule has 0 unspecified atom stereocenters. The van der Waals surface area contributed by atoms with Crippen molar-refractivity contribution in [2.45, 2.75) is 31.9 Å². The maximum atomic E-state index is 13.5. The van der Waals surface area contributed by atoms with Crippen LogP contribution in [0.1, 0.15) is 40.9 Å². The van der Waals surface area contributed by atoms with Crippen molar-refractivity contribution in [2.24, 2.45) is 0 Å². The van der Waals surface area contributed by atoms with E-state index in [0.717, 1.165) is 56.2 Å². The van der Waals surface area contributed by atoms with Crippen molar-refractivity contribution in [1.82, 2.24) is 0 Å². The Morgan fingerprint density at radius 2 is 1.88 bits per heavy atom. The Bertz CT molecular complexity index is 750. The van der Waals surface area contributed by atoms with Gasteiger partial charge in [-0.2, -0.15) is 13.2 Å². The number of esters is 1. The topological polar surface area (TPSA) is 43.7 Å². The summed E-state index contributed by atoms with van der Waals surface area (Å²) >= 11 is 0.987. The van der Waals surface area contributed by atoms with Crippen LogP contribution in [0.5, 0.6) is 0 Å². The minimum Gasteiger partial charge on any atom is -0.465 e. The van der Waals surface area contributed by atoms with Crippen LogP contribution < -0.4 is 9.88 Å². The zero-order valence-electron chi connectivity index (χ0n) is 13.2. The van der Waals surface area contributed by atoms with Gasteiger partial charge in [-0.1, -0.05) is 11.3 Å². The van der Waals surface area contributed by atoms with Crippen LogP contribution in [0.2, 0.25) is 0 Å². The van der Waals surface area contributed by atoms with Crippen molar-refractivity contribution in [1.29, 1.82) is 0 Å². The monoisotopic (exact) mass is 359 g/mol. The Morgan fingerprint density at radius 3 is 2.46 bits per heavy atom. The van der Waals surface area contributed by atoms with Crippen LogP contribution in [0, 0.1) is 0 Å². The second kappa shape index (κ2) is 6.58. The molecule has 1 N–H and O–H groups in total. The number of anilines is 1. The molecule has 1 aliphatic rings. The van der Waals surface area contributed by atoms with Gasteiger partial charge in [0, 0.05) is 11.5 Å². The average molecular weight is 359 g/mol. The quantitative estimate of drug-likeness (QED) is 0.764. The van der Waals surface area contributed by atoms with Crippen LogP contribution in [-0.2, 0) is 10.9 Å². The summed E-state index contributed by atoms with van der Waals surface area (Å²) in [4.78, 5) is 17.2. The number of carbonyl (C=O) groups is 1. The molecule has 2 aromatic heterocycles. The summed E-state index contributed by atoms with van der Waals surface area (Å²) in [5.74, 6) is -0.177. The lowest BCUT2D eigenvalue weighted by atomic mass is 10.1. The number of fused-ring (bicyclic) bond motifs is 1. The number of nitrogens with zero attached hydrogens (tertiary/aromatic N) is 1. The van der Waals surface area contributed by atoms with Gasteiger partial charge in [-0.3, -0.25) is 4.90 Å². The number of rotatable bonds is 2.